The molecule has 0 radical (unpaired) electrons. The molecule has 3 aromatic rings. The zero-order valence-electron chi connectivity index (χ0n) is 13.6. The lowest BCUT2D eigenvalue weighted by Crippen LogP contribution is -2.13. The van der Waals surface area contributed by atoms with Gasteiger partial charge in [-0.15, -0.1) is 10.2 Å². The van der Waals surface area contributed by atoms with Crippen LogP contribution in [-0.2, 0) is 7.05 Å². The minimum Gasteiger partial charge on any atom is -0.494 e. The van der Waals surface area contributed by atoms with Gasteiger partial charge in [-0.25, -0.2) is 0 Å². The van der Waals surface area contributed by atoms with Gasteiger partial charge >= 0.3 is 0 Å². The molecule has 0 aliphatic rings. The fourth-order valence-corrected chi connectivity index (χ4v) is 2.40. The number of aromatic nitrogens is 3. The first-order valence-corrected chi connectivity index (χ1v) is 7.66. The van der Waals surface area contributed by atoms with E-state index >= 15 is 0 Å². The Bertz CT molecular complexity index is 857. The Labute approximate surface area is 140 Å². The summed E-state index contributed by atoms with van der Waals surface area (Å²) >= 11 is 0. The summed E-state index contributed by atoms with van der Waals surface area (Å²) in [4.78, 5) is 12.6. The summed E-state index contributed by atoms with van der Waals surface area (Å²) in [5.74, 6) is 1.16. The van der Waals surface area contributed by atoms with Crippen LogP contribution in [0.1, 0.15) is 17.3 Å². The van der Waals surface area contributed by atoms with Crippen molar-refractivity contribution in [2.45, 2.75) is 6.92 Å². The van der Waals surface area contributed by atoms with E-state index in [9.17, 15) is 4.79 Å². The quantitative estimate of drug-likeness (QED) is 0.783. The SMILES string of the molecule is CCOc1cccc(C(=O)Nc2ccccc2-c2nncn2C)c1. The molecule has 0 aliphatic heterocycles. The van der Waals surface area contributed by atoms with Gasteiger partial charge < -0.3 is 14.6 Å². The number of benzene rings is 2. The average Bonchev–Trinajstić information content (AvgIpc) is 3.02. The number of hydrogen-bond donors (Lipinski definition) is 1. The standard InChI is InChI=1S/C18H18N4O2/c1-3-24-14-8-6-7-13(11-14)18(23)20-16-10-5-4-9-15(16)17-21-19-12-22(17)2/h4-12H,3H2,1-2H3,(H,20,23). The number of para-hydroxylation sites is 1. The Kier molecular flexibility index (Phi) is 4.56. The first-order valence-electron chi connectivity index (χ1n) is 7.66. The maximum Gasteiger partial charge on any atom is 0.255 e. The van der Waals surface area contributed by atoms with Crippen LogP contribution < -0.4 is 10.1 Å². The minimum atomic E-state index is -0.203. The monoisotopic (exact) mass is 322 g/mol. The zero-order valence-corrected chi connectivity index (χ0v) is 13.6. The molecule has 0 aliphatic carbocycles. The van der Waals surface area contributed by atoms with E-state index in [1.54, 1.807) is 29.1 Å². The van der Waals surface area contributed by atoms with E-state index in [1.165, 1.54) is 0 Å². The van der Waals surface area contributed by atoms with Gasteiger partial charge in [0.2, 0.25) is 0 Å². The summed E-state index contributed by atoms with van der Waals surface area (Å²) in [6.07, 6.45) is 1.62. The number of carbonyl (C=O) groups is 1. The van der Waals surface area contributed by atoms with Crippen LogP contribution in [0.2, 0.25) is 0 Å². The van der Waals surface area contributed by atoms with Gasteiger partial charge in [0.05, 0.1) is 12.3 Å². The van der Waals surface area contributed by atoms with Crippen LogP contribution in [-0.4, -0.2) is 27.3 Å². The molecule has 2 aromatic carbocycles. The van der Waals surface area contributed by atoms with Crippen LogP contribution >= 0.6 is 0 Å². The van der Waals surface area contributed by atoms with E-state index in [-0.39, 0.29) is 5.91 Å². The highest BCUT2D eigenvalue weighted by Crippen LogP contribution is 2.26. The number of carbonyl (C=O) groups excluding carboxylic acids is 1. The molecule has 24 heavy (non-hydrogen) atoms. The number of amides is 1. The third kappa shape index (κ3) is 3.27. The van der Waals surface area contributed by atoms with Crippen molar-refractivity contribution in [2.24, 2.45) is 7.05 Å². The highest BCUT2D eigenvalue weighted by atomic mass is 16.5. The molecule has 1 amide bonds. The Hall–Kier alpha value is -3.15. The van der Waals surface area contributed by atoms with Gasteiger partial charge in [0.15, 0.2) is 5.82 Å². The van der Waals surface area contributed by atoms with Crippen LogP contribution in [0.4, 0.5) is 5.69 Å². The van der Waals surface area contributed by atoms with Gasteiger partial charge in [0, 0.05) is 18.2 Å². The molecule has 3 rings (SSSR count). The van der Waals surface area contributed by atoms with Crippen molar-refractivity contribution in [3.05, 3.63) is 60.4 Å². The van der Waals surface area contributed by atoms with Gasteiger partial charge in [0.25, 0.3) is 5.91 Å². The molecule has 0 fully saturated rings. The zero-order chi connectivity index (χ0) is 16.9. The molecule has 0 saturated carbocycles. The second kappa shape index (κ2) is 6.95. The maximum atomic E-state index is 12.6. The highest BCUT2D eigenvalue weighted by molar-refractivity contribution is 6.06. The topological polar surface area (TPSA) is 69.0 Å². The Morgan fingerprint density at radius 3 is 2.79 bits per heavy atom. The second-order valence-corrected chi connectivity index (χ2v) is 5.23. The van der Waals surface area contributed by atoms with Crippen molar-refractivity contribution in [2.75, 3.05) is 11.9 Å². The van der Waals surface area contributed by atoms with E-state index in [0.29, 0.717) is 29.4 Å². The van der Waals surface area contributed by atoms with Crippen LogP contribution in [0, 0.1) is 0 Å². The van der Waals surface area contributed by atoms with Crippen molar-refractivity contribution in [1.29, 1.82) is 0 Å². The van der Waals surface area contributed by atoms with Crippen LogP contribution in [0.15, 0.2) is 54.9 Å². The van der Waals surface area contributed by atoms with E-state index in [0.717, 1.165) is 5.56 Å². The summed E-state index contributed by atoms with van der Waals surface area (Å²) in [6, 6.07) is 14.6. The minimum absolute atomic E-state index is 0.203. The lowest BCUT2D eigenvalue weighted by molar-refractivity contribution is 0.102. The molecular weight excluding hydrogens is 304 g/mol. The molecule has 6 nitrogen and oxygen atoms in total. The van der Waals surface area contributed by atoms with E-state index in [1.807, 2.05) is 44.3 Å². The first kappa shape index (κ1) is 15.7. The van der Waals surface area contributed by atoms with E-state index in [4.69, 9.17) is 4.74 Å². The molecule has 1 aromatic heterocycles. The van der Waals surface area contributed by atoms with Gasteiger partial charge in [-0.3, -0.25) is 4.79 Å². The number of aryl methyl sites for hydroxylation is 1. The van der Waals surface area contributed by atoms with Crippen LogP contribution in [0.25, 0.3) is 11.4 Å². The molecule has 0 bridgehead atoms. The number of hydrogen-bond acceptors (Lipinski definition) is 4. The third-order valence-corrected chi connectivity index (χ3v) is 3.53. The predicted molar refractivity (Wildman–Crippen MR) is 92.0 cm³/mol. The van der Waals surface area contributed by atoms with Crippen LogP contribution in [0.3, 0.4) is 0 Å². The van der Waals surface area contributed by atoms with Crippen molar-refractivity contribution in [3.8, 4) is 17.1 Å². The van der Waals surface area contributed by atoms with E-state index in [2.05, 4.69) is 15.5 Å². The molecule has 0 atom stereocenters. The first-order chi connectivity index (χ1) is 11.7. The second-order valence-electron chi connectivity index (χ2n) is 5.23. The van der Waals surface area contributed by atoms with Gasteiger partial charge in [-0.2, -0.15) is 0 Å². The van der Waals surface area contributed by atoms with Crippen molar-refractivity contribution in [1.82, 2.24) is 14.8 Å². The Balaban J connectivity index is 1.88. The smallest absolute Gasteiger partial charge is 0.255 e. The summed E-state index contributed by atoms with van der Waals surface area (Å²) < 4.78 is 7.25. The van der Waals surface area contributed by atoms with Gasteiger partial charge in [-0.1, -0.05) is 18.2 Å². The van der Waals surface area contributed by atoms with Crippen LogP contribution in [0.5, 0.6) is 5.75 Å². The van der Waals surface area contributed by atoms with Crippen molar-refractivity contribution < 1.29 is 9.53 Å². The molecule has 0 saturated heterocycles. The number of ether oxygens (including phenoxy) is 1. The molecular formula is C18H18N4O2. The lowest BCUT2D eigenvalue weighted by Gasteiger charge is -2.11. The number of nitrogens with one attached hydrogen (secondary N) is 1. The van der Waals surface area contributed by atoms with E-state index < -0.39 is 0 Å². The lowest BCUT2D eigenvalue weighted by atomic mass is 10.1. The summed E-state index contributed by atoms with van der Waals surface area (Å²) in [5, 5.41) is 10.9. The fourth-order valence-electron chi connectivity index (χ4n) is 2.40. The average molecular weight is 322 g/mol. The normalized spacial score (nSPS) is 10.4. The van der Waals surface area contributed by atoms with Gasteiger partial charge in [-0.05, 0) is 37.3 Å². The molecule has 0 unspecified atom stereocenters. The highest BCUT2D eigenvalue weighted by Gasteiger charge is 2.13. The molecule has 0 spiro atoms. The molecule has 122 valence electrons. The summed E-state index contributed by atoms with van der Waals surface area (Å²) in [6.45, 7) is 2.46. The third-order valence-electron chi connectivity index (χ3n) is 3.53. The fraction of sp³-hybridized carbons (Fsp3) is 0.167. The predicted octanol–water partition coefficient (Wildman–Crippen LogP) is 3.13. The largest absolute Gasteiger partial charge is 0.494 e. The molecule has 6 heteroatoms. The summed E-state index contributed by atoms with van der Waals surface area (Å²) in [5.41, 5.74) is 2.03. The number of rotatable bonds is 5. The number of nitrogens with zero attached hydrogens (tertiary/aromatic N) is 3. The van der Waals surface area contributed by atoms with Crippen molar-refractivity contribution in [3.63, 3.8) is 0 Å². The maximum absolute atomic E-state index is 12.6. The molecule has 1 N–H and O–H groups in total. The molecule has 1 heterocycles. The van der Waals surface area contributed by atoms with Gasteiger partial charge in [0.1, 0.15) is 12.1 Å². The van der Waals surface area contributed by atoms with Crippen molar-refractivity contribution >= 4 is 11.6 Å². The number of anilines is 1. The summed E-state index contributed by atoms with van der Waals surface area (Å²) in [7, 11) is 1.86. The Morgan fingerprint density at radius 1 is 1.21 bits per heavy atom. The Morgan fingerprint density at radius 2 is 2.04 bits per heavy atom.